The average Bonchev–Trinajstić information content (AvgIpc) is 3.25. The molecule has 1 aromatic carbocycles. The average molecular weight is 245 g/mol. The fourth-order valence-corrected chi connectivity index (χ4v) is 2.77. The molecule has 1 fully saturated rings. The molecule has 1 atom stereocenters. The minimum atomic E-state index is 0.347. The Morgan fingerprint density at radius 2 is 1.89 bits per heavy atom. The van der Waals surface area contributed by atoms with Gasteiger partial charge in [-0.15, -0.1) is 0 Å². The Hall–Kier alpha value is -0.820. The van der Waals surface area contributed by atoms with E-state index >= 15 is 0 Å². The molecule has 0 aliphatic heterocycles. The van der Waals surface area contributed by atoms with Crippen LogP contribution in [-0.4, -0.2) is 12.6 Å². The highest BCUT2D eigenvalue weighted by molar-refractivity contribution is 5.26. The lowest BCUT2D eigenvalue weighted by molar-refractivity contribution is 0.343. The standard InChI is InChI=1S/C17H27N/c1-3-5-13-17(4-2,14-18-16-11-12-16)15-9-7-6-8-10-15/h6-10,16,18H,3-5,11-14H2,1-2H3. The van der Waals surface area contributed by atoms with Gasteiger partial charge in [0.15, 0.2) is 0 Å². The van der Waals surface area contributed by atoms with Gasteiger partial charge in [0.05, 0.1) is 0 Å². The number of benzene rings is 1. The minimum absolute atomic E-state index is 0.347. The molecule has 1 aliphatic carbocycles. The third kappa shape index (κ3) is 3.35. The van der Waals surface area contributed by atoms with Crippen LogP contribution in [0.3, 0.4) is 0 Å². The van der Waals surface area contributed by atoms with Crippen LogP contribution >= 0.6 is 0 Å². The molecule has 0 amide bonds. The summed E-state index contributed by atoms with van der Waals surface area (Å²) in [5.74, 6) is 0. The van der Waals surface area contributed by atoms with Crippen LogP contribution in [0.5, 0.6) is 0 Å². The van der Waals surface area contributed by atoms with Crippen molar-refractivity contribution in [3.8, 4) is 0 Å². The van der Waals surface area contributed by atoms with Crippen LogP contribution in [0.2, 0.25) is 0 Å². The summed E-state index contributed by atoms with van der Waals surface area (Å²) in [5.41, 5.74) is 1.87. The summed E-state index contributed by atoms with van der Waals surface area (Å²) >= 11 is 0. The second kappa shape index (κ2) is 6.38. The molecule has 0 aromatic heterocycles. The molecule has 1 N–H and O–H groups in total. The van der Waals surface area contributed by atoms with Gasteiger partial charge in [-0.25, -0.2) is 0 Å². The molecule has 0 bridgehead atoms. The van der Waals surface area contributed by atoms with Crippen LogP contribution in [0.1, 0.15) is 57.9 Å². The third-order valence-electron chi connectivity index (χ3n) is 4.38. The number of rotatable bonds is 8. The molecule has 1 saturated carbocycles. The Balaban J connectivity index is 2.12. The lowest BCUT2D eigenvalue weighted by atomic mass is 9.74. The lowest BCUT2D eigenvalue weighted by Crippen LogP contribution is -2.38. The highest BCUT2D eigenvalue weighted by Crippen LogP contribution is 2.34. The normalized spacial score (nSPS) is 18.6. The van der Waals surface area contributed by atoms with E-state index in [0.717, 1.165) is 12.6 Å². The van der Waals surface area contributed by atoms with Gasteiger partial charge in [0.25, 0.3) is 0 Å². The minimum Gasteiger partial charge on any atom is -0.313 e. The molecule has 0 heterocycles. The Labute approximate surface area is 112 Å². The first kappa shape index (κ1) is 13.6. The van der Waals surface area contributed by atoms with E-state index in [0.29, 0.717) is 5.41 Å². The Bertz CT molecular complexity index is 342. The molecule has 100 valence electrons. The molecular weight excluding hydrogens is 218 g/mol. The summed E-state index contributed by atoms with van der Waals surface area (Å²) in [6, 6.07) is 11.9. The summed E-state index contributed by atoms with van der Waals surface area (Å²) in [6.45, 7) is 5.79. The number of hydrogen-bond acceptors (Lipinski definition) is 1. The van der Waals surface area contributed by atoms with Gasteiger partial charge < -0.3 is 5.32 Å². The van der Waals surface area contributed by atoms with Crippen molar-refractivity contribution < 1.29 is 0 Å². The summed E-state index contributed by atoms with van der Waals surface area (Å²) in [7, 11) is 0. The van der Waals surface area contributed by atoms with Gasteiger partial charge in [0.2, 0.25) is 0 Å². The zero-order chi connectivity index (χ0) is 12.8. The van der Waals surface area contributed by atoms with Gasteiger partial charge >= 0.3 is 0 Å². The van der Waals surface area contributed by atoms with Gasteiger partial charge in [-0.3, -0.25) is 0 Å². The van der Waals surface area contributed by atoms with Gasteiger partial charge in [-0.05, 0) is 31.2 Å². The van der Waals surface area contributed by atoms with Crippen molar-refractivity contribution in [3.05, 3.63) is 35.9 Å². The van der Waals surface area contributed by atoms with Crippen molar-refractivity contribution >= 4 is 0 Å². The van der Waals surface area contributed by atoms with Crippen LogP contribution in [0.15, 0.2) is 30.3 Å². The Morgan fingerprint density at radius 3 is 2.44 bits per heavy atom. The zero-order valence-corrected chi connectivity index (χ0v) is 11.9. The molecule has 1 unspecified atom stereocenters. The summed E-state index contributed by atoms with van der Waals surface area (Å²) < 4.78 is 0. The van der Waals surface area contributed by atoms with Gasteiger partial charge in [-0.2, -0.15) is 0 Å². The van der Waals surface area contributed by atoms with Crippen molar-refractivity contribution in [1.29, 1.82) is 0 Å². The first-order chi connectivity index (χ1) is 8.80. The quantitative estimate of drug-likeness (QED) is 0.721. The number of nitrogens with one attached hydrogen (secondary N) is 1. The summed E-state index contributed by atoms with van der Waals surface area (Å²) in [4.78, 5) is 0. The number of hydrogen-bond donors (Lipinski definition) is 1. The molecular formula is C17H27N. The highest BCUT2D eigenvalue weighted by Gasteiger charge is 2.32. The predicted octanol–water partition coefficient (Wildman–Crippen LogP) is 4.28. The second-order valence-corrected chi connectivity index (χ2v) is 5.76. The molecule has 2 rings (SSSR count). The number of unbranched alkanes of at least 4 members (excludes halogenated alkanes) is 1. The zero-order valence-electron chi connectivity index (χ0n) is 11.9. The monoisotopic (exact) mass is 245 g/mol. The van der Waals surface area contributed by atoms with Crippen LogP contribution in [0, 0.1) is 0 Å². The van der Waals surface area contributed by atoms with E-state index in [9.17, 15) is 0 Å². The van der Waals surface area contributed by atoms with Crippen molar-refractivity contribution in [2.45, 2.75) is 63.8 Å². The van der Waals surface area contributed by atoms with E-state index in [-0.39, 0.29) is 0 Å². The molecule has 1 nitrogen and oxygen atoms in total. The van der Waals surface area contributed by atoms with E-state index in [1.54, 1.807) is 0 Å². The van der Waals surface area contributed by atoms with E-state index in [1.165, 1.54) is 44.1 Å². The van der Waals surface area contributed by atoms with Gasteiger partial charge in [0, 0.05) is 18.0 Å². The second-order valence-electron chi connectivity index (χ2n) is 5.76. The van der Waals surface area contributed by atoms with Crippen molar-refractivity contribution in [1.82, 2.24) is 5.32 Å². The highest BCUT2D eigenvalue weighted by atomic mass is 15.0. The molecule has 18 heavy (non-hydrogen) atoms. The van der Waals surface area contributed by atoms with Gasteiger partial charge in [0.1, 0.15) is 0 Å². The van der Waals surface area contributed by atoms with E-state index < -0.39 is 0 Å². The predicted molar refractivity (Wildman–Crippen MR) is 79.0 cm³/mol. The van der Waals surface area contributed by atoms with E-state index in [2.05, 4.69) is 49.5 Å². The molecule has 1 heteroatoms. The fraction of sp³-hybridized carbons (Fsp3) is 0.647. The maximum atomic E-state index is 3.76. The smallest absolute Gasteiger partial charge is 0.00752 e. The molecule has 0 saturated heterocycles. The Kier molecular flexibility index (Phi) is 4.82. The summed E-state index contributed by atoms with van der Waals surface area (Å²) in [6.07, 6.45) is 7.91. The third-order valence-corrected chi connectivity index (χ3v) is 4.38. The first-order valence-corrected chi connectivity index (χ1v) is 7.59. The molecule has 1 aromatic rings. The van der Waals surface area contributed by atoms with Crippen LogP contribution < -0.4 is 5.32 Å². The van der Waals surface area contributed by atoms with Crippen molar-refractivity contribution in [2.24, 2.45) is 0 Å². The molecule has 1 aliphatic rings. The van der Waals surface area contributed by atoms with Crippen molar-refractivity contribution in [2.75, 3.05) is 6.54 Å². The van der Waals surface area contributed by atoms with E-state index in [1.807, 2.05) is 0 Å². The topological polar surface area (TPSA) is 12.0 Å². The van der Waals surface area contributed by atoms with Gasteiger partial charge in [-0.1, -0.05) is 57.0 Å². The van der Waals surface area contributed by atoms with E-state index in [4.69, 9.17) is 0 Å². The maximum absolute atomic E-state index is 3.76. The largest absolute Gasteiger partial charge is 0.313 e. The fourth-order valence-electron chi connectivity index (χ4n) is 2.77. The van der Waals surface area contributed by atoms with Crippen LogP contribution in [0.4, 0.5) is 0 Å². The SMILES string of the molecule is CCCCC(CC)(CNC1CC1)c1ccccc1. The lowest BCUT2D eigenvalue weighted by Gasteiger charge is -2.34. The van der Waals surface area contributed by atoms with Crippen molar-refractivity contribution in [3.63, 3.8) is 0 Å². The molecule has 0 spiro atoms. The summed E-state index contributed by atoms with van der Waals surface area (Å²) in [5, 5.41) is 3.76. The Morgan fingerprint density at radius 1 is 1.17 bits per heavy atom. The molecule has 0 radical (unpaired) electrons. The van der Waals surface area contributed by atoms with Crippen LogP contribution in [-0.2, 0) is 5.41 Å². The first-order valence-electron chi connectivity index (χ1n) is 7.59. The maximum Gasteiger partial charge on any atom is 0.00752 e. The van der Waals surface area contributed by atoms with Crippen LogP contribution in [0.25, 0.3) is 0 Å².